The van der Waals surface area contributed by atoms with Gasteiger partial charge in [0.1, 0.15) is 0 Å². The average Bonchev–Trinajstić information content (AvgIpc) is 2.90. The molecule has 0 radical (unpaired) electrons. The van der Waals surface area contributed by atoms with Gasteiger partial charge in [-0.3, -0.25) is 0 Å². The van der Waals surface area contributed by atoms with Gasteiger partial charge in [0.15, 0.2) is 0 Å². The Bertz CT molecular complexity index is 631. The predicted molar refractivity (Wildman–Crippen MR) is 73.9 cm³/mol. The largest absolute Gasteiger partial charge is 0.416 e. The van der Waals surface area contributed by atoms with Crippen LogP contribution in [0.3, 0.4) is 0 Å². The lowest BCUT2D eigenvalue weighted by Gasteiger charge is -2.20. The van der Waals surface area contributed by atoms with E-state index >= 15 is 0 Å². The number of hydrogen-bond donors (Lipinski definition) is 1. The molecule has 0 aliphatic heterocycles. The Morgan fingerprint density at radius 2 is 1.67 bits per heavy atom. The molecule has 1 nitrogen and oxygen atoms in total. The van der Waals surface area contributed by atoms with E-state index in [4.69, 9.17) is 0 Å². The highest BCUT2D eigenvalue weighted by Crippen LogP contribution is 2.41. The summed E-state index contributed by atoms with van der Waals surface area (Å²) >= 11 is 0. The third-order valence-corrected chi connectivity index (χ3v) is 4.14. The third kappa shape index (κ3) is 2.68. The topological polar surface area (TPSA) is 20.2 Å². The van der Waals surface area contributed by atoms with E-state index in [2.05, 4.69) is 0 Å². The maximum atomic E-state index is 12.6. The van der Waals surface area contributed by atoms with Crippen molar-refractivity contribution < 1.29 is 18.3 Å². The molecule has 4 heteroatoms. The van der Waals surface area contributed by atoms with Gasteiger partial charge in [0.2, 0.25) is 0 Å². The highest BCUT2D eigenvalue weighted by molar-refractivity contribution is 5.38. The summed E-state index contributed by atoms with van der Waals surface area (Å²) in [4.78, 5) is 0. The normalized spacial score (nSPS) is 19.3. The van der Waals surface area contributed by atoms with Crippen LogP contribution in [-0.4, -0.2) is 5.11 Å². The molecule has 3 rings (SSSR count). The number of halogens is 3. The monoisotopic (exact) mass is 292 g/mol. The van der Waals surface area contributed by atoms with Crippen LogP contribution in [0.5, 0.6) is 0 Å². The van der Waals surface area contributed by atoms with Crippen molar-refractivity contribution in [3.8, 4) is 0 Å². The first-order chi connectivity index (χ1) is 9.97. The van der Waals surface area contributed by atoms with E-state index < -0.39 is 17.8 Å². The summed E-state index contributed by atoms with van der Waals surface area (Å²) in [6, 6.07) is 12.7. The second kappa shape index (κ2) is 5.19. The van der Waals surface area contributed by atoms with Gasteiger partial charge in [-0.1, -0.05) is 36.4 Å². The lowest BCUT2D eigenvalue weighted by Crippen LogP contribution is -2.09. The molecule has 0 heterocycles. The van der Waals surface area contributed by atoms with Gasteiger partial charge in [-0.05, 0) is 41.7 Å². The number of hydrogen-bond acceptors (Lipinski definition) is 1. The van der Waals surface area contributed by atoms with Crippen LogP contribution in [0, 0.1) is 0 Å². The van der Waals surface area contributed by atoms with Crippen molar-refractivity contribution in [1.82, 2.24) is 0 Å². The fourth-order valence-corrected chi connectivity index (χ4v) is 3.02. The van der Waals surface area contributed by atoms with Crippen LogP contribution in [0.2, 0.25) is 0 Å². The zero-order valence-electron chi connectivity index (χ0n) is 11.3. The summed E-state index contributed by atoms with van der Waals surface area (Å²) in [6.07, 6.45) is -3.39. The molecule has 0 bridgehead atoms. The van der Waals surface area contributed by atoms with Crippen molar-refractivity contribution in [3.05, 3.63) is 70.8 Å². The van der Waals surface area contributed by atoms with Gasteiger partial charge in [-0.15, -0.1) is 0 Å². The second-order valence-electron chi connectivity index (χ2n) is 5.41. The molecule has 1 aliphatic rings. The van der Waals surface area contributed by atoms with Crippen LogP contribution in [0.4, 0.5) is 13.2 Å². The highest BCUT2D eigenvalue weighted by Gasteiger charge is 2.32. The molecular weight excluding hydrogens is 277 g/mol. The average molecular weight is 292 g/mol. The first-order valence-electron chi connectivity index (χ1n) is 6.90. The molecule has 0 fully saturated rings. The highest BCUT2D eigenvalue weighted by atomic mass is 19.4. The SMILES string of the molecule is OC(c1ccc(C(F)(F)F)cc1)C1CCc2ccccc21. The van der Waals surface area contributed by atoms with Gasteiger partial charge >= 0.3 is 6.18 Å². The van der Waals surface area contributed by atoms with Crippen molar-refractivity contribution >= 4 is 0 Å². The Morgan fingerprint density at radius 1 is 1.00 bits per heavy atom. The number of rotatable bonds is 2. The van der Waals surface area contributed by atoms with Crippen molar-refractivity contribution in [2.75, 3.05) is 0 Å². The van der Waals surface area contributed by atoms with Crippen LogP contribution >= 0.6 is 0 Å². The minimum absolute atomic E-state index is 0.0436. The van der Waals surface area contributed by atoms with E-state index in [-0.39, 0.29) is 5.92 Å². The van der Waals surface area contributed by atoms with Crippen molar-refractivity contribution in [3.63, 3.8) is 0 Å². The van der Waals surface area contributed by atoms with Gasteiger partial charge in [0.25, 0.3) is 0 Å². The van der Waals surface area contributed by atoms with Crippen LogP contribution < -0.4 is 0 Å². The summed E-state index contributed by atoms with van der Waals surface area (Å²) in [5.41, 5.74) is 2.16. The molecular formula is C17H15F3O. The smallest absolute Gasteiger partial charge is 0.388 e. The Hall–Kier alpha value is -1.81. The molecule has 0 aromatic heterocycles. The van der Waals surface area contributed by atoms with E-state index in [1.807, 2.05) is 24.3 Å². The molecule has 0 saturated carbocycles. The number of alkyl halides is 3. The zero-order valence-corrected chi connectivity index (χ0v) is 11.3. The summed E-state index contributed by atoms with van der Waals surface area (Å²) in [5.74, 6) is -0.0436. The quantitative estimate of drug-likeness (QED) is 0.866. The van der Waals surface area contributed by atoms with Crippen LogP contribution in [0.1, 0.15) is 40.7 Å². The number of aryl methyl sites for hydroxylation is 1. The number of benzene rings is 2. The number of fused-ring (bicyclic) bond motifs is 1. The Balaban J connectivity index is 1.85. The molecule has 2 aromatic carbocycles. The standard InChI is InChI=1S/C17H15F3O/c18-17(19,20)13-8-5-12(6-9-13)16(21)15-10-7-11-3-1-2-4-14(11)15/h1-6,8-9,15-16,21H,7,10H2. The molecule has 110 valence electrons. The van der Waals surface area contributed by atoms with Crippen LogP contribution in [-0.2, 0) is 12.6 Å². The first kappa shape index (κ1) is 14.1. The molecule has 1 aliphatic carbocycles. The number of aliphatic hydroxyl groups is 1. The zero-order chi connectivity index (χ0) is 15.0. The fraction of sp³-hybridized carbons (Fsp3) is 0.294. The van der Waals surface area contributed by atoms with Gasteiger partial charge in [-0.25, -0.2) is 0 Å². The van der Waals surface area contributed by atoms with Crippen molar-refractivity contribution in [2.24, 2.45) is 0 Å². The van der Waals surface area contributed by atoms with Gasteiger partial charge < -0.3 is 5.11 Å². The Labute approximate surface area is 121 Å². The molecule has 0 amide bonds. The molecule has 0 saturated heterocycles. The maximum absolute atomic E-state index is 12.6. The Morgan fingerprint density at radius 3 is 2.33 bits per heavy atom. The van der Waals surface area contributed by atoms with Crippen molar-refractivity contribution in [1.29, 1.82) is 0 Å². The van der Waals surface area contributed by atoms with E-state index in [0.29, 0.717) is 5.56 Å². The summed E-state index contributed by atoms with van der Waals surface area (Å²) in [6.45, 7) is 0. The summed E-state index contributed by atoms with van der Waals surface area (Å²) < 4.78 is 37.7. The molecule has 2 atom stereocenters. The second-order valence-corrected chi connectivity index (χ2v) is 5.41. The van der Waals surface area contributed by atoms with E-state index in [1.54, 1.807) is 0 Å². The maximum Gasteiger partial charge on any atom is 0.416 e. The number of aliphatic hydroxyl groups excluding tert-OH is 1. The lowest BCUT2D eigenvalue weighted by molar-refractivity contribution is -0.137. The van der Waals surface area contributed by atoms with E-state index in [9.17, 15) is 18.3 Å². The molecule has 2 unspecified atom stereocenters. The van der Waals surface area contributed by atoms with E-state index in [1.165, 1.54) is 17.7 Å². The lowest BCUT2D eigenvalue weighted by atomic mass is 9.90. The van der Waals surface area contributed by atoms with Crippen molar-refractivity contribution in [2.45, 2.75) is 31.0 Å². The van der Waals surface area contributed by atoms with Gasteiger partial charge in [0.05, 0.1) is 11.7 Å². The molecule has 2 aromatic rings. The fourth-order valence-electron chi connectivity index (χ4n) is 3.02. The minimum atomic E-state index is -4.34. The van der Waals surface area contributed by atoms with Crippen LogP contribution in [0.15, 0.2) is 48.5 Å². The van der Waals surface area contributed by atoms with E-state index in [0.717, 1.165) is 30.5 Å². The minimum Gasteiger partial charge on any atom is -0.388 e. The Kier molecular flexibility index (Phi) is 3.49. The van der Waals surface area contributed by atoms with Gasteiger partial charge in [-0.2, -0.15) is 13.2 Å². The molecule has 0 spiro atoms. The predicted octanol–water partition coefficient (Wildman–Crippen LogP) is 4.47. The molecule has 1 N–H and O–H groups in total. The van der Waals surface area contributed by atoms with Crippen LogP contribution in [0.25, 0.3) is 0 Å². The summed E-state index contributed by atoms with van der Waals surface area (Å²) in [7, 11) is 0. The first-order valence-corrected chi connectivity index (χ1v) is 6.90. The third-order valence-electron chi connectivity index (χ3n) is 4.14. The molecule has 21 heavy (non-hydrogen) atoms. The van der Waals surface area contributed by atoms with Gasteiger partial charge in [0, 0.05) is 5.92 Å². The summed E-state index contributed by atoms with van der Waals surface area (Å²) in [5, 5.41) is 10.5.